The van der Waals surface area contributed by atoms with Gasteiger partial charge in [-0.25, -0.2) is 0 Å². The number of nitrogens with zero attached hydrogens (tertiary/aromatic N) is 1. The quantitative estimate of drug-likeness (QED) is 0.711. The molecule has 0 aliphatic heterocycles. The number of ether oxygens (including phenoxy) is 1. The standard InChI is InChI=1S/C18H20F2N2O2S/c1-22(2)11-12-24-16-6-4-3-5-15(16)17(23)21-13-7-9-14(10-8-13)25-18(19)20/h3-10,18H,11-12H2,1-2H3,(H,21,23). The molecule has 0 spiro atoms. The van der Waals surface area contributed by atoms with E-state index in [1.165, 1.54) is 0 Å². The second kappa shape index (κ2) is 9.39. The lowest BCUT2D eigenvalue weighted by Gasteiger charge is -2.14. The summed E-state index contributed by atoms with van der Waals surface area (Å²) in [5.74, 6) is -2.27. The first-order valence-electron chi connectivity index (χ1n) is 7.68. The predicted octanol–water partition coefficient (Wildman–Crippen LogP) is 4.19. The third kappa shape index (κ3) is 6.36. The van der Waals surface area contributed by atoms with Crippen LogP contribution in [0.5, 0.6) is 5.75 Å². The van der Waals surface area contributed by atoms with E-state index in [1.807, 2.05) is 19.0 Å². The molecule has 134 valence electrons. The van der Waals surface area contributed by atoms with Crippen LogP contribution in [-0.2, 0) is 0 Å². The molecule has 0 atom stereocenters. The first-order valence-corrected chi connectivity index (χ1v) is 8.56. The molecule has 7 heteroatoms. The number of alkyl halides is 2. The first kappa shape index (κ1) is 19.2. The highest BCUT2D eigenvalue weighted by atomic mass is 32.2. The Kier molecular flexibility index (Phi) is 7.21. The van der Waals surface area contributed by atoms with Crippen molar-refractivity contribution in [1.82, 2.24) is 4.90 Å². The zero-order valence-electron chi connectivity index (χ0n) is 14.0. The largest absolute Gasteiger partial charge is 0.491 e. The van der Waals surface area contributed by atoms with Gasteiger partial charge >= 0.3 is 0 Å². The molecule has 4 nitrogen and oxygen atoms in total. The van der Waals surface area contributed by atoms with E-state index in [4.69, 9.17) is 4.74 Å². The molecule has 0 aromatic heterocycles. The summed E-state index contributed by atoms with van der Waals surface area (Å²) >= 11 is 0.466. The van der Waals surface area contributed by atoms with Gasteiger partial charge in [-0.15, -0.1) is 0 Å². The van der Waals surface area contributed by atoms with Crippen molar-refractivity contribution in [3.63, 3.8) is 0 Å². The van der Waals surface area contributed by atoms with Crippen molar-refractivity contribution in [1.29, 1.82) is 0 Å². The third-order valence-corrected chi connectivity index (χ3v) is 3.99. The summed E-state index contributed by atoms with van der Waals surface area (Å²) < 4.78 is 30.3. The second-order valence-corrected chi connectivity index (χ2v) is 6.57. The molecule has 25 heavy (non-hydrogen) atoms. The van der Waals surface area contributed by atoms with Crippen LogP contribution in [0.1, 0.15) is 10.4 Å². The smallest absolute Gasteiger partial charge is 0.288 e. The number of rotatable bonds is 8. The summed E-state index contributed by atoms with van der Waals surface area (Å²) in [6.45, 7) is 1.20. The number of nitrogens with one attached hydrogen (secondary N) is 1. The zero-order valence-corrected chi connectivity index (χ0v) is 14.9. The molecule has 1 amide bonds. The molecule has 2 rings (SSSR count). The van der Waals surface area contributed by atoms with Crippen molar-refractivity contribution in [2.24, 2.45) is 0 Å². The fourth-order valence-corrected chi connectivity index (χ4v) is 2.54. The summed E-state index contributed by atoms with van der Waals surface area (Å²) in [6, 6.07) is 13.3. The number of hydrogen-bond acceptors (Lipinski definition) is 4. The number of carbonyl (C=O) groups excluding carboxylic acids is 1. The van der Waals surface area contributed by atoms with Crippen molar-refractivity contribution in [3.05, 3.63) is 54.1 Å². The highest BCUT2D eigenvalue weighted by Crippen LogP contribution is 2.26. The Labute approximate surface area is 150 Å². The Morgan fingerprint density at radius 2 is 1.84 bits per heavy atom. The number of para-hydroxylation sites is 1. The molecule has 2 aromatic carbocycles. The lowest BCUT2D eigenvalue weighted by atomic mass is 10.2. The maximum Gasteiger partial charge on any atom is 0.288 e. The van der Waals surface area contributed by atoms with E-state index < -0.39 is 5.76 Å². The maximum absolute atomic E-state index is 12.5. The number of benzene rings is 2. The monoisotopic (exact) mass is 366 g/mol. The average Bonchev–Trinajstić information content (AvgIpc) is 2.56. The van der Waals surface area contributed by atoms with Gasteiger partial charge in [-0.2, -0.15) is 8.78 Å². The lowest BCUT2D eigenvalue weighted by Crippen LogP contribution is -2.20. The minimum absolute atomic E-state index is 0.310. The van der Waals surface area contributed by atoms with Crippen molar-refractivity contribution in [2.75, 3.05) is 32.6 Å². The molecular formula is C18H20F2N2O2S. The fraction of sp³-hybridized carbons (Fsp3) is 0.278. The summed E-state index contributed by atoms with van der Waals surface area (Å²) in [5.41, 5.74) is 0.957. The molecule has 0 aliphatic carbocycles. The SMILES string of the molecule is CN(C)CCOc1ccccc1C(=O)Nc1ccc(SC(F)F)cc1. The molecule has 1 N–H and O–H groups in total. The van der Waals surface area contributed by atoms with Crippen LogP contribution in [0.25, 0.3) is 0 Å². The van der Waals surface area contributed by atoms with Crippen molar-refractivity contribution >= 4 is 23.4 Å². The van der Waals surface area contributed by atoms with Crippen molar-refractivity contribution in [3.8, 4) is 5.75 Å². The fourth-order valence-electron chi connectivity index (χ4n) is 2.04. The minimum atomic E-state index is -2.47. The number of anilines is 1. The summed E-state index contributed by atoms with van der Waals surface area (Å²) in [6.07, 6.45) is 0. The summed E-state index contributed by atoms with van der Waals surface area (Å²) in [5, 5.41) is 2.75. The van der Waals surface area contributed by atoms with E-state index in [9.17, 15) is 13.6 Å². The number of amides is 1. The van der Waals surface area contributed by atoms with E-state index >= 15 is 0 Å². The molecule has 0 bridgehead atoms. The third-order valence-electron chi connectivity index (χ3n) is 3.27. The Morgan fingerprint density at radius 3 is 2.48 bits per heavy atom. The van der Waals surface area contributed by atoms with Gasteiger partial charge in [-0.1, -0.05) is 23.9 Å². The van der Waals surface area contributed by atoms with Gasteiger partial charge in [0.25, 0.3) is 11.7 Å². The van der Waals surface area contributed by atoms with Crippen LogP contribution in [-0.4, -0.2) is 43.8 Å². The van der Waals surface area contributed by atoms with Crippen LogP contribution in [0.15, 0.2) is 53.4 Å². The van der Waals surface area contributed by atoms with E-state index in [2.05, 4.69) is 5.32 Å². The van der Waals surface area contributed by atoms with Gasteiger partial charge in [0.2, 0.25) is 0 Å². The topological polar surface area (TPSA) is 41.6 Å². The zero-order chi connectivity index (χ0) is 18.2. The Bertz CT molecular complexity index is 694. The van der Waals surface area contributed by atoms with Crippen molar-refractivity contribution in [2.45, 2.75) is 10.7 Å². The van der Waals surface area contributed by atoms with Crippen LogP contribution in [0.4, 0.5) is 14.5 Å². The van der Waals surface area contributed by atoms with Gasteiger partial charge in [-0.3, -0.25) is 4.79 Å². The number of halogens is 2. The average molecular weight is 366 g/mol. The molecule has 0 saturated heterocycles. The maximum atomic E-state index is 12.5. The van der Waals surface area contributed by atoms with Crippen LogP contribution in [0.3, 0.4) is 0 Å². The molecule has 0 saturated carbocycles. The number of hydrogen-bond donors (Lipinski definition) is 1. The van der Waals surface area contributed by atoms with Crippen LogP contribution in [0.2, 0.25) is 0 Å². The van der Waals surface area contributed by atoms with Crippen LogP contribution in [0, 0.1) is 0 Å². The molecule has 0 radical (unpaired) electrons. The number of thioether (sulfide) groups is 1. The van der Waals surface area contributed by atoms with E-state index in [-0.39, 0.29) is 5.91 Å². The first-order chi connectivity index (χ1) is 12.0. The molecule has 0 unspecified atom stereocenters. The number of carbonyl (C=O) groups is 1. The number of likely N-dealkylation sites (N-methyl/N-ethyl adjacent to an activating group) is 1. The van der Waals surface area contributed by atoms with Crippen LogP contribution >= 0.6 is 11.8 Å². The lowest BCUT2D eigenvalue weighted by molar-refractivity contribution is 0.102. The molecule has 0 heterocycles. The van der Waals surface area contributed by atoms with Gasteiger partial charge < -0.3 is 15.0 Å². The highest BCUT2D eigenvalue weighted by molar-refractivity contribution is 7.99. The Hall–Kier alpha value is -2.12. The van der Waals surface area contributed by atoms with Gasteiger partial charge in [-0.05, 0) is 50.5 Å². The Balaban J connectivity index is 2.03. The van der Waals surface area contributed by atoms with Gasteiger partial charge in [0.05, 0.1) is 5.56 Å². The van der Waals surface area contributed by atoms with E-state index in [0.29, 0.717) is 40.3 Å². The molecule has 0 aliphatic rings. The van der Waals surface area contributed by atoms with E-state index in [0.717, 1.165) is 6.54 Å². The molecule has 2 aromatic rings. The van der Waals surface area contributed by atoms with Crippen molar-refractivity contribution < 1.29 is 18.3 Å². The summed E-state index contributed by atoms with van der Waals surface area (Å²) in [7, 11) is 3.88. The van der Waals surface area contributed by atoms with Gasteiger partial charge in [0.1, 0.15) is 12.4 Å². The summed E-state index contributed by atoms with van der Waals surface area (Å²) in [4.78, 5) is 14.9. The second-order valence-electron chi connectivity index (χ2n) is 5.50. The van der Waals surface area contributed by atoms with E-state index in [1.54, 1.807) is 48.5 Å². The molecule has 0 fully saturated rings. The van der Waals surface area contributed by atoms with Gasteiger partial charge in [0, 0.05) is 17.1 Å². The minimum Gasteiger partial charge on any atom is -0.491 e. The van der Waals surface area contributed by atoms with Crippen LogP contribution < -0.4 is 10.1 Å². The normalized spacial score (nSPS) is 11.0. The highest BCUT2D eigenvalue weighted by Gasteiger charge is 2.13. The Morgan fingerprint density at radius 1 is 1.16 bits per heavy atom. The molecular weight excluding hydrogens is 346 g/mol. The van der Waals surface area contributed by atoms with Gasteiger partial charge in [0.15, 0.2) is 0 Å². The predicted molar refractivity (Wildman–Crippen MR) is 96.7 cm³/mol.